The molecule has 0 spiro atoms. The van der Waals surface area contributed by atoms with Crippen LogP contribution in [0, 0.1) is 18.3 Å². The Balaban J connectivity index is 1.75. The molecule has 0 unspecified atom stereocenters. The summed E-state index contributed by atoms with van der Waals surface area (Å²) in [5.41, 5.74) is 2.00. The number of anilines is 1. The SMILES string of the molecule is Cc1cccn(CCCCC(=O)Nc2ccc(C#N)cc2)c1=O. The summed E-state index contributed by atoms with van der Waals surface area (Å²) >= 11 is 0. The van der Waals surface area contributed by atoms with Crippen molar-refractivity contribution >= 4 is 11.6 Å². The Bertz CT molecular complexity index is 770. The lowest BCUT2D eigenvalue weighted by Crippen LogP contribution is -2.21. The first-order chi connectivity index (χ1) is 11.1. The number of rotatable bonds is 6. The van der Waals surface area contributed by atoms with Crippen molar-refractivity contribution in [3.05, 3.63) is 64.1 Å². The molecule has 2 aromatic rings. The van der Waals surface area contributed by atoms with Gasteiger partial charge in [0.2, 0.25) is 5.91 Å². The molecule has 118 valence electrons. The number of benzene rings is 1. The molecule has 1 heterocycles. The average Bonchev–Trinajstić information content (AvgIpc) is 2.56. The van der Waals surface area contributed by atoms with Crippen molar-refractivity contribution in [1.82, 2.24) is 4.57 Å². The third-order valence-electron chi connectivity index (χ3n) is 3.56. The molecule has 0 aliphatic heterocycles. The number of nitriles is 1. The number of unbranched alkanes of at least 4 members (excludes halogenated alkanes) is 1. The van der Waals surface area contributed by atoms with Crippen molar-refractivity contribution in [2.45, 2.75) is 32.7 Å². The van der Waals surface area contributed by atoms with Crippen molar-refractivity contribution in [2.24, 2.45) is 0 Å². The second-order valence-electron chi connectivity index (χ2n) is 5.38. The van der Waals surface area contributed by atoms with E-state index in [0.717, 1.165) is 12.0 Å². The van der Waals surface area contributed by atoms with Crippen LogP contribution in [0.4, 0.5) is 5.69 Å². The van der Waals surface area contributed by atoms with Gasteiger partial charge in [-0.1, -0.05) is 6.07 Å². The zero-order valence-electron chi connectivity index (χ0n) is 13.1. The Hall–Kier alpha value is -2.87. The van der Waals surface area contributed by atoms with E-state index in [4.69, 9.17) is 5.26 Å². The van der Waals surface area contributed by atoms with Gasteiger partial charge in [0, 0.05) is 30.4 Å². The van der Waals surface area contributed by atoms with Crippen LogP contribution in [0.5, 0.6) is 0 Å². The van der Waals surface area contributed by atoms with Crippen LogP contribution >= 0.6 is 0 Å². The Morgan fingerprint density at radius 2 is 1.96 bits per heavy atom. The largest absolute Gasteiger partial charge is 0.326 e. The van der Waals surface area contributed by atoms with Gasteiger partial charge in [-0.25, -0.2) is 0 Å². The average molecular weight is 309 g/mol. The van der Waals surface area contributed by atoms with Gasteiger partial charge in [-0.2, -0.15) is 5.26 Å². The Morgan fingerprint density at radius 3 is 2.65 bits per heavy atom. The topological polar surface area (TPSA) is 74.9 Å². The van der Waals surface area contributed by atoms with Gasteiger partial charge < -0.3 is 9.88 Å². The minimum Gasteiger partial charge on any atom is -0.326 e. The molecule has 1 aromatic carbocycles. The highest BCUT2D eigenvalue weighted by Crippen LogP contribution is 2.10. The molecule has 23 heavy (non-hydrogen) atoms. The zero-order valence-corrected chi connectivity index (χ0v) is 13.1. The fraction of sp³-hybridized carbons (Fsp3) is 0.278. The maximum absolute atomic E-state index is 11.9. The van der Waals surface area contributed by atoms with Crippen molar-refractivity contribution in [3.8, 4) is 6.07 Å². The van der Waals surface area contributed by atoms with Gasteiger partial charge in [0.1, 0.15) is 0 Å². The summed E-state index contributed by atoms with van der Waals surface area (Å²) in [5, 5.41) is 11.5. The molecule has 0 saturated carbocycles. The molecule has 5 heteroatoms. The van der Waals surface area contributed by atoms with Crippen molar-refractivity contribution in [3.63, 3.8) is 0 Å². The summed E-state index contributed by atoms with van der Waals surface area (Å²) in [6.07, 6.45) is 3.65. The predicted molar refractivity (Wildman–Crippen MR) is 89.1 cm³/mol. The number of carbonyl (C=O) groups is 1. The highest BCUT2D eigenvalue weighted by atomic mass is 16.1. The summed E-state index contributed by atoms with van der Waals surface area (Å²) in [7, 11) is 0. The molecule has 0 fully saturated rings. The molecular formula is C18H19N3O2. The maximum atomic E-state index is 11.9. The normalized spacial score (nSPS) is 10.1. The molecule has 2 rings (SSSR count). The highest BCUT2D eigenvalue weighted by molar-refractivity contribution is 5.90. The van der Waals surface area contributed by atoms with Gasteiger partial charge in [-0.15, -0.1) is 0 Å². The van der Waals surface area contributed by atoms with Crippen LogP contribution in [0.25, 0.3) is 0 Å². The lowest BCUT2D eigenvalue weighted by atomic mass is 10.2. The van der Waals surface area contributed by atoms with Crippen LogP contribution in [0.15, 0.2) is 47.4 Å². The first-order valence-electron chi connectivity index (χ1n) is 7.56. The van der Waals surface area contributed by atoms with Gasteiger partial charge in [0.25, 0.3) is 5.56 Å². The van der Waals surface area contributed by atoms with E-state index in [1.807, 2.05) is 12.1 Å². The Labute approximate surface area is 135 Å². The van der Waals surface area contributed by atoms with Gasteiger partial charge in [0.05, 0.1) is 11.6 Å². The van der Waals surface area contributed by atoms with Gasteiger partial charge >= 0.3 is 0 Å². The number of hydrogen-bond acceptors (Lipinski definition) is 3. The summed E-state index contributed by atoms with van der Waals surface area (Å²) in [5.74, 6) is -0.0636. The van der Waals surface area contributed by atoms with E-state index in [0.29, 0.717) is 30.6 Å². The number of pyridine rings is 1. The smallest absolute Gasteiger partial charge is 0.253 e. The van der Waals surface area contributed by atoms with Crippen molar-refractivity contribution in [2.75, 3.05) is 5.32 Å². The second-order valence-corrected chi connectivity index (χ2v) is 5.38. The van der Waals surface area contributed by atoms with Crippen molar-refractivity contribution < 1.29 is 4.79 Å². The number of nitrogens with one attached hydrogen (secondary N) is 1. The number of nitrogens with zero attached hydrogens (tertiary/aromatic N) is 2. The maximum Gasteiger partial charge on any atom is 0.253 e. The lowest BCUT2D eigenvalue weighted by Gasteiger charge is -2.07. The second kappa shape index (κ2) is 7.95. The third kappa shape index (κ3) is 4.82. The first kappa shape index (κ1) is 16.5. The summed E-state index contributed by atoms with van der Waals surface area (Å²) in [6, 6.07) is 12.4. The molecule has 0 radical (unpaired) electrons. The summed E-state index contributed by atoms with van der Waals surface area (Å²) in [4.78, 5) is 23.7. The Kier molecular flexibility index (Phi) is 5.70. The number of carbonyl (C=O) groups excluding carboxylic acids is 1. The molecule has 1 aromatic heterocycles. The van der Waals surface area contributed by atoms with Crippen LogP contribution in [-0.4, -0.2) is 10.5 Å². The monoisotopic (exact) mass is 309 g/mol. The quantitative estimate of drug-likeness (QED) is 0.834. The standard InChI is InChI=1S/C18H19N3O2/c1-14-5-4-12-21(18(14)23)11-3-2-6-17(22)20-16-9-7-15(13-19)8-10-16/h4-5,7-10,12H,2-3,6,11H2,1H3,(H,20,22). The molecule has 1 amide bonds. The number of aryl methyl sites for hydroxylation is 2. The van der Waals surface area contributed by atoms with Gasteiger partial charge in [0.15, 0.2) is 0 Å². The van der Waals surface area contributed by atoms with Gasteiger partial charge in [-0.05, 0) is 50.1 Å². The highest BCUT2D eigenvalue weighted by Gasteiger charge is 2.03. The fourth-order valence-corrected chi connectivity index (χ4v) is 2.25. The van der Waals surface area contributed by atoms with E-state index in [2.05, 4.69) is 5.32 Å². The van der Waals surface area contributed by atoms with Crippen LogP contribution in [0.1, 0.15) is 30.4 Å². The van der Waals surface area contributed by atoms with E-state index in [9.17, 15) is 9.59 Å². The van der Waals surface area contributed by atoms with Crippen LogP contribution in [0.2, 0.25) is 0 Å². The molecule has 0 aliphatic rings. The summed E-state index contributed by atoms with van der Waals surface area (Å²) in [6.45, 7) is 2.41. The molecule has 0 aliphatic carbocycles. The molecular weight excluding hydrogens is 290 g/mol. The van der Waals surface area contributed by atoms with E-state index < -0.39 is 0 Å². The Morgan fingerprint density at radius 1 is 1.22 bits per heavy atom. The lowest BCUT2D eigenvalue weighted by molar-refractivity contribution is -0.116. The number of aromatic nitrogens is 1. The minimum atomic E-state index is -0.0636. The molecule has 0 bridgehead atoms. The minimum absolute atomic E-state index is 0.0227. The summed E-state index contributed by atoms with van der Waals surface area (Å²) < 4.78 is 1.67. The fourth-order valence-electron chi connectivity index (χ4n) is 2.25. The van der Waals surface area contributed by atoms with Crippen LogP contribution in [-0.2, 0) is 11.3 Å². The van der Waals surface area contributed by atoms with Crippen molar-refractivity contribution in [1.29, 1.82) is 5.26 Å². The van der Waals surface area contributed by atoms with E-state index in [-0.39, 0.29) is 11.5 Å². The number of amides is 1. The third-order valence-corrected chi connectivity index (χ3v) is 3.56. The zero-order chi connectivity index (χ0) is 16.7. The number of hydrogen-bond donors (Lipinski definition) is 1. The molecule has 0 atom stereocenters. The predicted octanol–water partition coefficient (Wildman–Crippen LogP) is 2.84. The first-order valence-corrected chi connectivity index (χ1v) is 7.56. The molecule has 5 nitrogen and oxygen atoms in total. The molecule has 1 N–H and O–H groups in total. The van der Waals surface area contributed by atoms with Gasteiger partial charge in [-0.3, -0.25) is 9.59 Å². The van der Waals surface area contributed by atoms with E-state index in [1.165, 1.54) is 0 Å². The van der Waals surface area contributed by atoms with Crippen LogP contribution in [0.3, 0.4) is 0 Å². The van der Waals surface area contributed by atoms with E-state index >= 15 is 0 Å². The van der Waals surface area contributed by atoms with Crippen LogP contribution < -0.4 is 10.9 Å². The molecule has 0 saturated heterocycles. The van der Waals surface area contributed by atoms with E-state index in [1.54, 1.807) is 48.0 Å².